The lowest BCUT2D eigenvalue weighted by Crippen LogP contribution is -2.38. The monoisotopic (exact) mass is 354 g/mol. The van der Waals surface area contributed by atoms with Crippen LogP contribution >= 0.6 is 12.4 Å². The molecule has 0 radical (unpaired) electrons. The zero-order valence-electron chi connectivity index (χ0n) is 15.1. The van der Waals surface area contributed by atoms with Gasteiger partial charge in [0, 0.05) is 37.8 Å². The Bertz CT molecular complexity index is 528. The highest BCUT2D eigenvalue weighted by Crippen LogP contribution is 2.34. The molecule has 0 amide bonds. The second-order valence-electron chi connectivity index (χ2n) is 7.53. The summed E-state index contributed by atoms with van der Waals surface area (Å²) in [5.41, 5.74) is 1.65. The van der Waals surface area contributed by atoms with Crippen LogP contribution in [0.2, 0.25) is 0 Å². The molecule has 0 aromatic heterocycles. The molecule has 2 fully saturated rings. The molecule has 1 atom stereocenters. The van der Waals surface area contributed by atoms with Crippen LogP contribution in [0.3, 0.4) is 0 Å². The molecule has 1 aromatic carbocycles. The lowest BCUT2D eigenvalue weighted by molar-refractivity contribution is 0.163. The highest BCUT2D eigenvalue weighted by molar-refractivity contribution is 5.85. The summed E-state index contributed by atoms with van der Waals surface area (Å²) in [6.07, 6.45) is 4.06. The Morgan fingerprint density at radius 3 is 2.62 bits per heavy atom. The zero-order valence-corrected chi connectivity index (χ0v) is 16.0. The summed E-state index contributed by atoms with van der Waals surface area (Å²) in [7, 11) is 3.44. The van der Waals surface area contributed by atoms with E-state index in [1.54, 1.807) is 14.2 Å². The van der Waals surface area contributed by atoms with E-state index in [1.807, 2.05) is 12.1 Å². The molecule has 136 valence electrons. The third-order valence-electron chi connectivity index (χ3n) is 5.16. The van der Waals surface area contributed by atoms with Gasteiger partial charge in [0.15, 0.2) is 0 Å². The molecule has 1 aromatic rings. The molecular formula is C19H31ClN2O2. The first kappa shape index (κ1) is 19.4. The minimum absolute atomic E-state index is 0. The van der Waals surface area contributed by atoms with Crippen molar-refractivity contribution < 1.29 is 9.47 Å². The van der Waals surface area contributed by atoms with Gasteiger partial charge in [0.1, 0.15) is 11.5 Å². The SMILES string of the molecule is COc1ccc(CN(CC2CC2)CC2(C)CCNC2)c(OC)c1.Cl. The van der Waals surface area contributed by atoms with Gasteiger partial charge in [-0.25, -0.2) is 0 Å². The molecule has 1 unspecified atom stereocenters. The van der Waals surface area contributed by atoms with Crippen LogP contribution in [0.1, 0.15) is 31.7 Å². The summed E-state index contributed by atoms with van der Waals surface area (Å²) in [4.78, 5) is 2.63. The third-order valence-corrected chi connectivity index (χ3v) is 5.16. The average Bonchev–Trinajstić information content (AvgIpc) is 3.26. The number of hydrogen-bond acceptors (Lipinski definition) is 4. The van der Waals surface area contributed by atoms with Crippen LogP contribution in [-0.4, -0.2) is 45.3 Å². The largest absolute Gasteiger partial charge is 0.497 e. The van der Waals surface area contributed by atoms with Gasteiger partial charge in [-0.1, -0.05) is 13.0 Å². The van der Waals surface area contributed by atoms with Gasteiger partial charge in [0.05, 0.1) is 14.2 Å². The van der Waals surface area contributed by atoms with Gasteiger partial charge in [0.25, 0.3) is 0 Å². The van der Waals surface area contributed by atoms with Crippen LogP contribution in [0.4, 0.5) is 0 Å². The number of hydrogen-bond donors (Lipinski definition) is 1. The number of benzene rings is 1. The first-order valence-corrected chi connectivity index (χ1v) is 8.76. The average molecular weight is 355 g/mol. The van der Waals surface area contributed by atoms with Crippen molar-refractivity contribution in [2.24, 2.45) is 11.3 Å². The summed E-state index contributed by atoms with van der Waals surface area (Å²) in [6, 6.07) is 6.17. The lowest BCUT2D eigenvalue weighted by Gasteiger charge is -2.32. The maximum Gasteiger partial charge on any atom is 0.127 e. The van der Waals surface area contributed by atoms with Gasteiger partial charge in [-0.3, -0.25) is 4.90 Å². The molecule has 5 heteroatoms. The van der Waals surface area contributed by atoms with E-state index in [9.17, 15) is 0 Å². The summed E-state index contributed by atoms with van der Waals surface area (Å²) in [5.74, 6) is 2.68. The second kappa shape index (κ2) is 8.41. The van der Waals surface area contributed by atoms with E-state index >= 15 is 0 Å². The van der Waals surface area contributed by atoms with Crippen LogP contribution in [0.25, 0.3) is 0 Å². The third kappa shape index (κ3) is 5.01. The van der Waals surface area contributed by atoms with Crippen molar-refractivity contribution in [2.75, 3.05) is 40.4 Å². The Balaban J connectivity index is 0.00000208. The van der Waals surface area contributed by atoms with E-state index < -0.39 is 0 Å². The minimum atomic E-state index is 0. The van der Waals surface area contributed by atoms with Crippen molar-refractivity contribution in [1.82, 2.24) is 10.2 Å². The van der Waals surface area contributed by atoms with E-state index in [4.69, 9.17) is 9.47 Å². The summed E-state index contributed by atoms with van der Waals surface area (Å²) in [5, 5.41) is 3.52. The van der Waals surface area contributed by atoms with Gasteiger partial charge in [-0.15, -0.1) is 12.4 Å². The first-order valence-electron chi connectivity index (χ1n) is 8.76. The Kier molecular flexibility index (Phi) is 6.79. The maximum absolute atomic E-state index is 5.59. The Morgan fingerprint density at radius 2 is 2.04 bits per heavy atom. The van der Waals surface area contributed by atoms with E-state index in [-0.39, 0.29) is 12.4 Å². The molecule has 1 saturated carbocycles. The van der Waals surface area contributed by atoms with Crippen LogP contribution < -0.4 is 14.8 Å². The van der Waals surface area contributed by atoms with Crippen LogP contribution in [0.15, 0.2) is 18.2 Å². The molecule has 1 aliphatic carbocycles. The number of nitrogens with zero attached hydrogens (tertiary/aromatic N) is 1. The summed E-state index contributed by atoms with van der Waals surface area (Å²) < 4.78 is 10.9. The number of nitrogens with one attached hydrogen (secondary N) is 1. The molecular weight excluding hydrogens is 324 g/mol. The molecule has 1 heterocycles. The predicted octanol–water partition coefficient (Wildman–Crippen LogP) is 3.34. The van der Waals surface area contributed by atoms with Crippen LogP contribution in [-0.2, 0) is 6.54 Å². The van der Waals surface area contributed by atoms with Crippen molar-refractivity contribution >= 4 is 12.4 Å². The Labute approximate surface area is 152 Å². The normalized spacial score (nSPS) is 23.2. The Morgan fingerprint density at radius 1 is 1.25 bits per heavy atom. The molecule has 24 heavy (non-hydrogen) atoms. The van der Waals surface area contributed by atoms with Crippen molar-refractivity contribution in [2.45, 2.75) is 32.7 Å². The second-order valence-corrected chi connectivity index (χ2v) is 7.53. The van der Waals surface area contributed by atoms with Gasteiger partial charge in [-0.05, 0) is 43.2 Å². The molecule has 0 bridgehead atoms. The van der Waals surface area contributed by atoms with E-state index in [0.29, 0.717) is 5.41 Å². The summed E-state index contributed by atoms with van der Waals surface area (Å²) >= 11 is 0. The van der Waals surface area contributed by atoms with Crippen LogP contribution in [0, 0.1) is 11.3 Å². The van der Waals surface area contributed by atoms with Crippen LogP contribution in [0.5, 0.6) is 11.5 Å². The van der Waals surface area contributed by atoms with Gasteiger partial charge in [0.2, 0.25) is 0 Å². The highest BCUT2D eigenvalue weighted by atomic mass is 35.5. The van der Waals surface area contributed by atoms with Gasteiger partial charge in [-0.2, -0.15) is 0 Å². The van der Waals surface area contributed by atoms with Gasteiger partial charge < -0.3 is 14.8 Å². The topological polar surface area (TPSA) is 33.7 Å². The number of halogens is 1. The molecule has 1 saturated heterocycles. The smallest absolute Gasteiger partial charge is 0.127 e. The number of ether oxygens (including phenoxy) is 2. The lowest BCUT2D eigenvalue weighted by atomic mass is 9.89. The van der Waals surface area contributed by atoms with E-state index in [0.717, 1.165) is 43.6 Å². The predicted molar refractivity (Wildman–Crippen MR) is 100 cm³/mol. The molecule has 3 rings (SSSR count). The molecule has 1 aliphatic heterocycles. The standard InChI is InChI=1S/C19H30N2O2.ClH/c1-19(8-9-20-13-19)14-21(11-15-4-5-15)12-16-6-7-17(22-2)10-18(16)23-3;/h6-7,10,15,20H,4-5,8-9,11-14H2,1-3H3;1H. The fourth-order valence-electron chi connectivity index (χ4n) is 3.62. The first-order chi connectivity index (χ1) is 11.1. The van der Waals surface area contributed by atoms with Gasteiger partial charge >= 0.3 is 0 Å². The van der Waals surface area contributed by atoms with Crippen molar-refractivity contribution in [3.63, 3.8) is 0 Å². The van der Waals surface area contributed by atoms with Crippen molar-refractivity contribution in [3.8, 4) is 11.5 Å². The molecule has 4 nitrogen and oxygen atoms in total. The molecule has 1 N–H and O–H groups in total. The fourth-order valence-corrected chi connectivity index (χ4v) is 3.62. The number of rotatable bonds is 8. The number of methoxy groups -OCH3 is 2. The van der Waals surface area contributed by atoms with E-state index in [1.165, 1.54) is 31.4 Å². The van der Waals surface area contributed by atoms with E-state index in [2.05, 4.69) is 23.2 Å². The maximum atomic E-state index is 5.59. The summed E-state index contributed by atoms with van der Waals surface area (Å²) in [6.45, 7) is 8.03. The van der Waals surface area contributed by atoms with Crippen molar-refractivity contribution in [3.05, 3.63) is 23.8 Å². The highest BCUT2D eigenvalue weighted by Gasteiger charge is 2.33. The minimum Gasteiger partial charge on any atom is -0.497 e. The quantitative estimate of drug-likeness (QED) is 0.776. The fraction of sp³-hybridized carbons (Fsp3) is 0.684. The molecule has 2 aliphatic rings. The van der Waals surface area contributed by atoms with Crippen molar-refractivity contribution in [1.29, 1.82) is 0 Å². The zero-order chi connectivity index (χ0) is 16.3. The Hall–Kier alpha value is -0.970. The molecule has 0 spiro atoms.